The van der Waals surface area contributed by atoms with Gasteiger partial charge in [0, 0.05) is 48.4 Å². The van der Waals surface area contributed by atoms with Gasteiger partial charge in [-0.1, -0.05) is 18.1 Å². The molecule has 1 N–H and O–H groups in total. The van der Waals surface area contributed by atoms with Crippen LogP contribution in [-0.2, 0) is 4.74 Å². The van der Waals surface area contributed by atoms with Gasteiger partial charge >= 0.3 is 0 Å². The Hall–Kier alpha value is -5.40. The van der Waals surface area contributed by atoms with Gasteiger partial charge in [0.05, 0.1) is 30.7 Å². The Bertz CT molecular complexity index is 1750. The van der Waals surface area contributed by atoms with Crippen LogP contribution in [0, 0.1) is 11.8 Å². The van der Waals surface area contributed by atoms with Crippen LogP contribution < -0.4 is 5.32 Å². The molecule has 0 radical (unpaired) electrons. The number of hydrogen-bond acceptors (Lipinski definition) is 7. The molecule has 1 aromatic carbocycles. The summed E-state index contributed by atoms with van der Waals surface area (Å²) < 4.78 is 7.02. The molecule has 10 heteroatoms. The maximum atomic E-state index is 12.8. The Kier molecular flexibility index (Phi) is 6.94. The molecule has 1 fully saturated rings. The molecule has 0 aliphatic carbocycles. The van der Waals surface area contributed by atoms with E-state index in [0.29, 0.717) is 60.2 Å². The second-order valence-electron chi connectivity index (χ2n) is 8.99. The summed E-state index contributed by atoms with van der Waals surface area (Å²) in [6.07, 6.45) is 6.34. The summed E-state index contributed by atoms with van der Waals surface area (Å²) >= 11 is 0. The van der Waals surface area contributed by atoms with E-state index in [1.165, 1.54) is 6.20 Å². The van der Waals surface area contributed by atoms with E-state index >= 15 is 0 Å². The number of amides is 2. The largest absolute Gasteiger partial charge is 0.378 e. The van der Waals surface area contributed by atoms with Gasteiger partial charge in [-0.05, 0) is 54.5 Å². The lowest BCUT2D eigenvalue weighted by Gasteiger charge is -2.26. The molecule has 6 rings (SSSR count). The van der Waals surface area contributed by atoms with Crippen molar-refractivity contribution in [3.63, 3.8) is 0 Å². The fraction of sp³-hybridized carbons (Fsp3) is 0.133. The molecule has 1 aliphatic rings. The number of rotatable bonds is 4. The highest BCUT2D eigenvalue weighted by Gasteiger charge is 2.18. The summed E-state index contributed by atoms with van der Waals surface area (Å²) in [7, 11) is 0. The molecule has 10 nitrogen and oxygen atoms in total. The van der Waals surface area contributed by atoms with E-state index in [0.717, 1.165) is 11.3 Å². The second kappa shape index (κ2) is 11.1. The summed E-state index contributed by atoms with van der Waals surface area (Å²) in [4.78, 5) is 39.6. The smallest absolute Gasteiger partial charge is 0.258 e. The third-order valence-electron chi connectivity index (χ3n) is 6.35. The molecular weight excluding hydrogens is 506 g/mol. The lowest BCUT2D eigenvalue weighted by Crippen LogP contribution is -2.40. The maximum Gasteiger partial charge on any atom is 0.258 e. The van der Waals surface area contributed by atoms with Crippen molar-refractivity contribution in [2.45, 2.75) is 0 Å². The second-order valence-corrected chi connectivity index (χ2v) is 8.99. The van der Waals surface area contributed by atoms with Gasteiger partial charge in [-0.25, -0.2) is 14.5 Å². The minimum absolute atomic E-state index is 0.00124. The first-order valence-corrected chi connectivity index (χ1v) is 12.7. The Morgan fingerprint density at radius 1 is 0.875 bits per heavy atom. The fourth-order valence-electron chi connectivity index (χ4n) is 4.24. The zero-order valence-electron chi connectivity index (χ0n) is 21.3. The number of imidazole rings is 1. The lowest BCUT2D eigenvalue weighted by atomic mass is 10.1. The molecule has 5 heterocycles. The van der Waals surface area contributed by atoms with Crippen molar-refractivity contribution in [3.05, 3.63) is 108 Å². The first kappa shape index (κ1) is 24.9. The number of ether oxygens (including phenoxy) is 1. The van der Waals surface area contributed by atoms with E-state index < -0.39 is 0 Å². The first-order chi connectivity index (χ1) is 19.6. The topological polar surface area (TPSA) is 115 Å². The van der Waals surface area contributed by atoms with Crippen LogP contribution in [-0.4, -0.2) is 67.6 Å². The predicted molar refractivity (Wildman–Crippen MR) is 148 cm³/mol. The van der Waals surface area contributed by atoms with Gasteiger partial charge in [0.15, 0.2) is 5.65 Å². The molecule has 2 amide bonds. The van der Waals surface area contributed by atoms with Crippen LogP contribution in [0.2, 0.25) is 0 Å². The summed E-state index contributed by atoms with van der Waals surface area (Å²) in [6, 6.07) is 18.0. The molecule has 4 aromatic heterocycles. The Morgan fingerprint density at radius 2 is 1.73 bits per heavy atom. The van der Waals surface area contributed by atoms with Crippen molar-refractivity contribution < 1.29 is 14.3 Å². The number of nitrogens with one attached hydrogen (secondary N) is 1. The summed E-state index contributed by atoms with van der Waals surface area (Å²) in [5, 5.41) is 7.50. The number of nitrogens with zero attached hydrogens (tertiary/aromatic N) is 6. The molecule has 1 aliphatic heterocycles. The number of hydrogen-bond donors (Lipinski definition) is 1. The number of benzene rings is 1. The zero-order chi connectivity index (χ0) is 27.3. The molecule has 0 saturated carbocycles. The van der Waals surface area contributed by atoms with Crippen molar-refractivity contribution in [2.75, 3.05) is 31.6 Å². The van der Waals surface area contributed by atoms with Crippen LogP contribution in [0.4, 0.5) is 5.82 Å². The van der Waals surface area contributed by atoms with Crippen molar-refractivity contribution in [3.8, 4) is 23.1 Å². The van der Waals surface area contributed by atoms with Crippen LogP contribution >= 0.6 is 0 Å². The highest BCUT2D eigenvalue weighted by Crippen LogP contribution is 2.20. The van der Waals surface area contributed by atoms with Gasteiger partial charge in [0.1, 0.15) is 11.5 Å². The van der Waals surface area contributed by atoms with Gasteiger partial charge in [-0.3, -0.25) is 14.6 Å². The number of fused-ring (bicyclic) bond motifs is 1. The predicted octanol–water partition coefficient (Wildman–Crippen LogP) is 3.31. The van der Waals surface area contributed by atoms with Crippen LogP contribution in [0.15, 0.2) is 85.5 Å². The van der Waals surface area contributed by atoms with E-state index in [1.807, 2.05) is 36.4 Å². The van der Waals surface area contributed by atoms with E-state index in [2.05, 4.69) is 32.1 Å². The maximum absolute atomic E-state index is 12.8. The SMILES string of the molecule is O=C(Nc1cc(C#Cc2cnc3ccc(-c4ccc(C(=O)N5CCOCC5)cc4)nn23)ccn1)c1cccnc1. The van der Waals surface area contributed by atoms with Crippen LogP contribution in [0.3, 0.4) is 0 Å². The van der Waals surface area contributed by atoms with Crippen LogP contribution in [0.25, 0.3) is 16.9 Å². The van der Waals surface area contributed by atoms with E-state index in [-0.39, 0.29) is 11.8 Å². The fourth-order valence-corrected chi connectivity index (χ4v) is 4.24. The van der Waals surface area contributed by atoms with Gasteiger partial charge in [-0.15, -0.1) is 0 Å². The molecular formula is C30H23N7O3. The molecule has 196 valence electrons. The van der Waals surface area contributed by atoms with E-state index in [9.17, 15) is 9.59 Å². The summed E-state index contributed by atoms with van der Waals surface area (Å²) in [5.41, 5.74) is 4.60. The number of morpholine rings is 1. The number of anilines is 1. The Balaban J connectivity index is 1.20. The Morgan fingerprint density at radius 3 is 2.52 bits per heavy atom. The normalized spacial score (nSPS) is 12.9. The van der Waals surface area contributed by atoms with Gasteiger partial charge in [-0.2, -0.15) is 5.10 Å². The molecule has 1 saturated heterocycles. The van der Waals surface area contributed by atoms with E-state index in [4.69, 9.17) is 9.84 Å². The van der Waals surface area contributed by atoms with Crippen LogP contribution in [0.1, 0.15) is 32.0 Å². The van der Waals surface area contributed by atoms with Crippen molar-refractivity contribution >= 4 is 23.3 Å². The van der Waals surface area contributed by atoms with Gasteiger partial charge in [0.25, 0.3) is 11.8 Å². The number of aromatic nitrogens is 5. The highest BCUT2D eigenvalue weighted by atomic mass is 16.5. The van der Waals surface area contributed by atoms with E-state index in [1.54, 1.807) is 52.3 Å². The van der Waals surface area contributed by atoms with Gasteiger partial charge in [0.2, 0.25) is 0 Å². The van der Waals surface area contributed by atoms with Crippen LogP contribution in [0.5, 0.6) is 0 Å². The molecule has 40 heavy (non-hydrogen) atoms. The molecule has 0 bridgehead atoms. The monoisotopic (exact) mass is 529 g/mol. The Labute approximate surface area is 229 Å². The van der Waals surface area contributed by atoms with Crippen molar-refractivity contribution in [1.82, 2.24) is 29.5 Å². The zero-order valence-corrected chi connectivity index (χ0v) is 21.3. The third-order valence-corrected chi connectivity index (χ3v) is 6.35. The molecule has 0 spiro atoms. The quantitative estimate of drug-likeness (QED) is 0.355. The minimum atomic E-state index is -0.303. The first-order valence-electron chi connectivity index (χ1n) is 12.7. The highest BCUT2D eigenvalue weighted by molar-refractivity contribution is 6.03. The summed E-state index contributed by atoms with van der Waals surface area (Å²) in [6.45, 7) is 2.33. The number of pyridine rings is 2. The standard InChI is InChI=1S/C30H23N7O3/c38-29(24-2-1-12-31-19-24)34-27-18-21(11-13-32-27)3-8-25-20-33-28-10-9-26(35-37(25)28)22-4-6-23(7-5-22)30(39)36-14-16-40-17-15-36/h1-2,4-7,9-13,18-20H,14-17H2,(H,32,34,38). The number of carbonyl (C=O) groups excluding carboxylic acids is 2. The lowest BCUT2D eigenvalue weighted by molar-refractivity contribution is 0.0303. The summed E-state index contributed by atoms with van der Waals surface area (Å²) in [5.74, 6) is 6.29. The molecule has 0 atom stereocenters. The van der Waals surface area contributed by atoms with Crippen molar-refractivity contribution in [2.24, 2.45) is 0 Å². The molecule has 5 aromatic rings. The van der Waals surface area contributed by atoms with Gasteiger partial charge < -0.3 is 15.0 Å². The minimum Gasteiger partial charge on any atom is -0.378 e. The third kappa shape index (κ3) is 5.41. The average molecular weight is 530 g/mol. The average Bonchev–Trinajstić information content (AvgIpc) is 3.43. The van der Waals surface area contributed by atoms with Crippen molar-refractivity contribution in [1.29, 1.82) is 0 Å². The molecule has 0 unspecified atom stereocenters. The number of carbonyl (C=O) groups is 2.